The van der Waals surface area contributed by atoms with E-state index in [0.29, 0.717) is 25.1 Å². The van der Waals surface area contributed by atoms with E-state index in [1.165, 1.54) is 0 Å². The topological polar surface area (TPSA) is 62.1 Å². The first kappa shape index (κ1) is 14.2. The van der Waals surface area contributed by atoms with Crippen LogP contribution in [0.5, 0.6) is 0 Å². The number of carbonyl (C=O) groups is 1. The molecule has 0 bridgehead atoms. The molecule has 1 rings (SSSR count). The molecule has 4 nitrogen and oxygen atoms in total. The minimum Gasteiger partial charge on any atom is -0.466 e. The molecule has 0 aliphatic rings. The number of ether oxygens (including phenoxy) is 1. The molecule has 0 amide bonds. The van der Waals surface area contributed by atoms with Crippen LogP contribution in [-0.4, -0.2) is 19.1 Å². The lowest BCUT2D eigenvalue weighted by Gasteiger charge is -2.05. The lowest BCUT2D eigenvalue weighted by Crippen LogP contribution is -2.16. The molecular weight excluding hydrogens is 228 g/mol. The van der Waals surface area contributed by atoms with E-state index in [2.05, 4.69) is 11.4 Å². The highest BCUT2D eigenvalue weighted by Crippen LogP contribution is 2.03. The summed E-state index contributed by atoms with van der Waals surface area (Å²) in [4.78, 5) is 11.1. The van der Waals surface area contributed by atoms with E-state index < -0.39 is 0 Å². The summed E-state index contributed by atoms with van der Waals surface area (Å²) in [5, 5.41) is 12.0. The molecule has 0 heterocycles. The van der Waals surface area contributed by atoms with Gasteiger partial charge in [-0.15, -0.1) is 0 Å². The summed E-state index contributed by atoms with van der Waals surface area (Å²) in [5.41, 5.74) is 1.74. The fourth-order valence-corrected chi connectivity index (χ4v) is 1.57. The van der Waals surface area contributed by atoms with Gasteiger partial charge in [0.1, 0.15) is 0 Å². The van der Waals surface area contributed by atoms with E-state index in [1.54, 1.807) is 13.0 Å². The molecule has 1 aromatic rings. The van der Waals surface area contributed by atoms with Gasteiger partial charge in [-0.2, -0.15) is 5.26 Å². The van der Waals surface area contributed by atoms with E-state index in [9.17, 15) is 4.79 Å². The van der Waals surface area contributed by atoms with Gasteiger partial charge in [-0.05, 0) is 37.6 Å². The first-order chi connectivity index (χ1) is 8.76. The van der Waals surface area contributed by atoms with Crippen molar-refractivity contribution in [2.24, 2.45) is 0 Å². The summed E-state index contributed by atoms with van der Waals surface area (Å²) in [7, 11) is 0. The van der Waals surface area contributed by atoms with Crippen LogP contribution in [0.3, 0.4) is 0 Å². The van der Waals surface area contributed by atoms with Crippen LogP contribution >= 0.6 is 0 Å². The highest BCUT2D eigenvalue weighted by molar-refractivity contribution is 5.69. The summed E-state index contributed by atoms with van der Waals surface area (Å²) in [6.07, 6.45) is 1.20. The third-order valence-corrected chi connectivity index (χ3v) is 2.42. The van der Waals surface area contributed by atoms with Crippen molar-refractivity contribution in [2.75, 3.05) is 13.2 Å². The van der Waals surface area contributed by atoms with E-state index in [1.807, 2.05) is 18.2 Å². The Bertz CT molecular complexity index is 424. The first-order valence-corrected chi connectivity index (χ1v) is 6.11. The summed E-state index contributed by atoms with van der Waals surface area (Å²) >= 11 is 0. The predicted molar refractivity (Wildman–Crippen MR) is 68.7 cm³/mol. The zero-order valence-corrected chi connectivity index (χ0v) is 10.6. The lowest BCUT2D eigenvalue weighted by molar-refractivity contribution is -0.143. The van der Waals surface area contributed by atoms with Gasteiger partial charge in [0.25, 0.3) is 0 Å². The number of carbonyl (C=O) groups excluding carboxylic acids is 1. The Kier molecular flexibility index (Phi) is 6.52. The number of nitrogens with one attached hydrogen (secondary N) is 1. The number of hydrogen-bond acceptors (Lipinski definition) is 4. The molecule has 0 aromatic heterocycles. The third-order valence-electron chi connectivity index (χ3n) is 2.42. The lowest BCUT2D eigenvalue weighted by atomic mass is 10.1. The Labute approximate surface area is 108 Å². The summed E-state index contributed by atoms with van der Waals surface area (Å²) in [6.45, 7) is 3.71. The maximum absolute atomic E-state index is 11.1. The van der Waals surface area contributed by atoms with Crippen molar-refractivity contribution in [1.82, 2.24) is 5.32 Å². The van der Waals surface area contributed by atoms with Gasteiger partial charge < -0.3 is 10.1 Å². The van der Waals surface area contributed by atoms with Crippen molar-refractivity contribution >= 4 is 5.97 Å². The molecule has 1 N–H and O–H groups in total. The van der Waals surface area contributed by atoms with E-state index in [4.69, 9.17) is 10.00 Å². The van der Waals surface area contributed by atoms with Crippen molar-refractivity contribution in [1.29, 1.82) is 5.26 Å². The average molecular weight is 246 g/mol. The van der Waals surface area contributed by atoms with Crippen LogP contribution in [0.15, 0.2) is 24.3 Å². The molecule has 0 spiro atoms. The van der Waals surface area contributed by atoms with E-state index in [-0.39, 0.29) is 5.97 Å². The molecule has 1 aromatic carbocycles. The van der Waals surface area contributed by atoms with Gasteiger partial charge in [0, 0.05) is 13.0 Å². The maximum Gasteiger partial charge on any atom is 0.305 e. The number of rotatable bonds is 7. The van der Waals surface area contributed by atoms with Crippen molar-refractivity contribution in [3.8, 4) is 6.07 Å². The molecule has 4 heteroatoms. The Hall–Kier alpha value is -1.86. The number of nitrogens with zero attached hydrogens (tertiary/aromatic N) is 1. The second kappa shape index (κ2) is 8.26. The number of nitriles is 1. The third kappa shape index (κ3) is 5.46. The number of hydrogen-bond donors (Lipinski definition) is 1. The molecule has 0 saturated carbocycles. The van der Waals surface area contributed by atoms with Crippen LogP contribution in [-0.2, 0) is 16.1 Å². The largest absolute Gasteiger partial charge is 0.466 e. The van der Waals surface area contributed by atoms with Crippen LogP contribution in [0.1, 0.15) is 30.9 Å². The van der Waals surface area contributed by atoms with Gasteiger partial charge in [0.15, 0.2) is 0 Å². The van der Waals surface area contributed by atoms with Gasteiger partial charge in [-0.1, -0.05) is 12.1 Å². The summed E-state index contributed by atoms with van der Waals surface area (Å²) < 4.78 is 4.83. The van der Waals surface area contributed by atoms with Gasteiger partial charge in [0.2, 0.25) is 0 Å². The Morgan fingerprint density at radius 2 is 2.33 bits per heavy atom. The fourth-order valence-electron chi connectivity index (χ4n) is 1.57. The van der Waals surface area contributed by atoms with Crippen LogP contribution in [0, 0.1) is 11.3 Å². The fraction of sp³-hybridized carbons (Fsp3) is 0.429. The second-order valence-electron chi connectivity index (χ2n) is 3.90. The highest BCUT2D eigenvalue weighted by Gasteiger charge is 2.00. The van der Waals surface area contributed by atoms with Crippen LogP contribution in [0.2, 0.25) is 0 Å². The number of esters is 1. The predicted octanol–water partition coefficient (Wildman–Crippen LogP) is 1.99. The Morgan fingerprint density at radius 3 is 3.06 bits per heavy atom. The summed E-state index contributed by atoms with van der Waals surface area (Å²) in [5.74, 6) is -0.147. The second-order valence-corrected chi connectivity index (χ2v) is 3.90. The van der Waals surface area contributed by atoms with Gasteiger partial charge in [-0.25, -0.2) is 0 Å². The molecule has 0 radical (unpaired) electrons. The molecular formula is C14H18N2O2. The van der Waals surface area contributed by atoms with Crippen LogP contribution in [0.25, 0.3) is 0 Å². The Balaban J connectivity index is 2.18. The van der Waals surface area contributed by atoms with E-state index in [0.717, 1.165) is 18.5 Å². The zero-order chi connectivity index (χ0) is 13.2. The standard InChI is InChI=1S/C14H18N2O2/c1-2-18-14(17)7-4-8-16-11-13-6-3-5-12(9-13)10-15/h3,5-6,9,16H,2,4,7-8,11H2,1H3. The minimum absolute atomic E-state index is 0.147. The molecule has 0 aliphatic carbocycles. The average Bonchev–Trinajstić information content (AvgIpc) is 2.39. The molecule has 0 fully saturated rings. The maximum atomic E-state index is 11.1. The quantitative estimate of drug-likeness (QED) is 0.590. The van der Waals surface area contributed by atoms with E-state index >= 15 is 0 Å². The van der Waals surface area contributed by atoms with Gasteiger partial charge in [-0.3, -0.25) is 4.79 Å². The smallest absolute Gasteiger partial charge is 0.305 e. The monoisotopic (exact) mass is 246 g/mol. The Morgan fingerprint density at radius 1 is 1.50 bits per heavy atom. The molecule has 18 heavy (non-hydrogen) atoms. The van der Waals surface area contributed by atoms with Crippen molar-refractivity contribution in [3.05, 3.63) is 35.4 Å². The van der Waals surface area contributed by atoms with Crippen molar-refractivity contribution in [2.45, 2.75) is 26.3 Å². The zero-order valence-electron chi connectivity index (χ0n) is 10.6. The molecule has 0 saturated heterocycles. The first-order valence-electron chi connectivity index (χ1n) is 6.11. The molecule has 0 unspecified atom stereocenters. The SMILES string of the molecule is CCOC(=O)CCCNCc1cccc(C#N)c1. The van der Waals surface area contributed by atoms with Crippen LogP contribution in [0.4, 0.5) is 0 Å². The summed E-state index contributed by atoms with van der Waals surface area (Å²) in [6, 6.07) is 9.59. The molecule has 0 atom stereocenters. The number of benzene rings is 1. The minimum atomic E-state index is -0.147. The highest BCUT2D eigenvalue weighted by atomic mass is 16.5. The van der Waals surface area contributed by atoms with Crippen molar-refractivity contribution in [3.63, 3.8) is 0 Å². The van der Waals surface area contributed by atoms with Gasteiger partial charge >= 0.3 is 5.97 Å². The van der Waals surface area contributed by atoms with Crippen LogP contribution < -0.4 is 5.32 Å². The van der Waals surface area contributed by atoms with Crippen molar-refractivity contribution < 1.29 is 9.53 Å². The molecule has 0 aliphatic heterocycles. The molecule has 96 valence electrons. The normalized spacial score (nSPS) is 9.78. The van der Waals surface area contributed by atoms with Gasteiger partial charge in [0.05, 0.1) is 18.2 Å².